The minimum Gasteiger partial charge on any atom is -0.480 e. The van der Waals surface area contributed by atoms with Crippen molar-refractivity contribution < 1.29 is 24.9 Å². The zero-order valence-electron chi connectivity index (χ0n) is 17.9. The molecule has 0 fully saturated rings. The molecule has 0 bridgehead atoms. The quantitative estimate of drug-likeness (QED) is 0.184. The van der Waals surface area contributed by atoms with Gasteiger partial charge in [0.05, 0.1) is 13.1 Å². The van der Waals surface area contributed by atoms with Crippen LogP contribution in [-0.4, -0.2) is 51.5 Å². The van der Waals surface area contributed by atoms with Gasteiger partial charge in [0.2, 0.25) is 0 Å². The van der Waals surface area contributed by atoms with E-state index >= 15 is 0 Å². The topological polar surface area (TPSA) is 98.1 Å². The van der Waals surface area contributed by atoms with Crippen LogP contribution < -0.4 is 0 Å². The van der Waals surface area contributed by atoms with Crippen LogP contribution in [0.25, 0.3) is 0 Å². The summed E-state index contributed by atoms with van der Waals surface area (Å²) in [6.07, 6.45) is 18.3. The normalized spacial score (nSPS) is 12.4. The van der Waals surface area contributed by atoms with Crippen molar-refractivity contribution in [3.8, 4) is 0 Å². The van der Waals surface area contributed by atoms with Gasteiger partial charge in [-0.1, -0.05) is 96.8 Å². The number of aliphatic hydroxyl groups is 1. The van der Waals surface area contributed by atoms with E-state index in [9.17, 15) is 14.7 Å². The third-order valence-electron chi connectivity index (χ3n) is 5.16. The molecule has 0 saturated heterocycles. The van der Waals surface area contributed by atoms with Crippen LogP contribution in [0.1, 0.15) is 110 Å². The largest absolute Gasteiger partial charge is 0.480 e. The second kappa shape index (κ2) is 19.2. The molecule has 0 aromatic heterocycles. The van der Waals surface area contributed by atoms with Gasteiger partial charge < -0.3 is 15.3 Å². The minimum absolute atomic E-state index is 0.415. The first-order valence-corrected chi connectivity index (χ1v) is 11.3. The van der Waals surface area contributed by atoms with E-state index in [1.807, 2.05) is 0 Å². The fourth-order valence-corrected chi connectivity index (χ4v) is 3.49. The van der Waals surface area contributed by atoms with Gasteiger partial charge in [0.1, 0.15) is 6.23 Å². The lowest BCUT2D eigenvalue weighted by Crippen LogP contribution is -2.42. The second-order valence-corrected chi connectivity index (χ2v) is 7.91. The van der Waals surface area contributed by atoms with Gasteiger partial charge in [-0.25, -0.2) is 0 Å². The smallest absolute Gasteiger partial charge is 0.317 e. The van der Waals surface area contributed by atoms with Crippen molar-refractivity contribution in [1.29, 1.82) is 0 Å². The molecule has 0 heterocycles. The Balaban J connectivity index is 3.48. The van der Waals surface area contributed by atoms with Crippen molar-refractivity contribution in [3.63, 3.8) is 0 Å². The summed E-state index contributed by atoms with van der Waals surface area (Å²) in [7, 11) is 0. The molecule has 0 aromatic carbocycles. The molecular weight excluding hydrogens is 358 g/mol. The average Bonchev–Trinajstić information content (AvgIpc) is 2.63. The standard InChI is InChI=1S/C22H43NO5/c1-2-3-4-5-6-7-8-9-10-11-12-13-14-15-16-17-20(24)23(18-21(25)26)19-22(27)28/h20,24H,2-19H2,1H3,(H,25,26)(H,27,28). The number of hydrogen-bond acceptors (Lipinski definition) is 4. The Morgan fingerprint density at radius 1 is 0.643 bits per heavy atom. The highest BCUT2D eigenvalue weighted by Crippen LogP contribution is 2.14. The highest BCUT2D eigenvalue weighted by molar-refractivity contribution is 5.72. The minimum atomic E-state index is -1.13. The molecule has 0 amide bonds. The predicted molar refractivity (Wildman–Crippen MR) is 112 cm³/mol. The van der Waals surface area contributed by atoms with Crippen LogP contribution in [0.2, 0.25) is 0 Å². The van der Waals surface area contributed by atoms with Crippen molar-refractivity contribution in [2.45, 2.75) is 116 Å². The Labute approximate surface area is 171 Å². The van der Waals surface area contributed by atoms with E-state index in [0.29, 0.717) is 6.42 Å². The Kier molecular flexibility index (Phi) is 18.4. The van der Waals surface area contributed by atoms with Gasteiger partial charge in [-0.05, 0) is 12.8 Å². The number of aliphatic hydroxyl groups excluding tert-OH is 1. The number of nitrogens with zero attached hydrogens (tertiary/aromatic N) is 1. The molecule has 3 N–H and O–H groups in total. The third-order valence-corrected chi connectivity index (χ3v) is 5.16. The zero-order chi connectivity index (χ0) is 21.0. The van der Waals surface area contributed by atoms with Gasteiger partial charge in [-0.15, -0.1) is 0 Å². The summed E-state index contributed by atoms with van der Waals surface area (Å²) in [5.74, 6) is -2.26. The van der Waals surface area contributed by atoms with Crippen molar-refractivity contribution in [3.05, 3.63) is 0 Å². The molecule has 166 valence electrons. The van der Waals surface area contributed by atoms with Gasteiger partial charge in [-0.3, -0.25) is 14.5 Å². The summed E-state index contributed by atoms with van der Waals surface area (Å²) in [4.78, 5) is 22.6. The molecular formula is C22H43NO5. The summed E-state index contributed by atoms with van der Waals surface area (Å²) >= 11 is 0. The van der Waals surface area contributed by atoms with E-state index in [2.05, 4.69) is 6.92 Å². The first-order chi connectivity index (χ1) is 13.5. The molecule has 1 unspecified atom stereocenters. The second-order valence-electron chi connectivity index (χ2n) is 7.91. The Hall–Kier alpha value is -1.14. The predicted octanol–water partition coefficient (Wildman–Crippen LogP) is 5.04. The maximum absolute atomic E-state index is 10.8. The molecule has 6 heteroatoms. The van der Waals surface area contributed by atoms with Gasteiger partial charge in [0, 0.05) is 0 Å². The average molecular weight is 402 g/mol. The molecule has 0 aliphatic rings. The molecule has 0 spiro atoms. The lowest BCUT2D eigenvalue weighted by Gasteiger charge is -2.24. The highest BCUT2D eigenvalue weighted by atomic mass is 16.4. The van der Waals surface area contributed by atoms with Crippen LogP contribution in [-0.2, 0) is 9.59 Å². The van der Waals surface area contributed by atoms with E-state index in [0.717, 1.165) is 24.2 Å². The molecule has 0 aromatic rings. The summed E-state index contributed by atoms with van der Waals surface area (Å²) in [5.41, 5.74) is 0. The van der Waals surface area contributed by atoms with Crippen LogP contribution in [0.15, 0.2) is 0 Å². The van der Waals surface area contributed by atoms with E-state index in [4.69, 9.17) is 10.2 Å². The lowest BCUT2D eigenvalue weighted by atomic mass is 10.0. The number of carbonyl (C=O) groups is 2. The van der Waals surface area contributed by atoms with Crippen molar-refractivity contribution in [2.24, 2.45) is 0 Å². The number of hydrogen-bond donors (Lipinski definition) is 3. The fraction of sp³-hybridized carbons (Fsp3) is 0.909. The molecule has 0 rings (SSSR count). The Morgan fingerprint density at radius 2 is 0.964 bits per heavy atom. The maximum atomic E-state index is 10.8. The first kappa shape index (κ1) is 26.9. The summed E-state index contributed by atoms with van der Waals surface area (Å²) in [5, 5.41) is 27.6. The van der Waals surface area contributed by atoms with Gasteiger partial charge >= 0.3 is 11.9 Å². The van der Waals surface area contributed by atoms with Crippen molar-refractivity contribution >= 4 is 11.9 Å². The monoisotopic (exact) mass is 401 g/mol. The fourth-order valence-electron chi connectivity index (χ4n) is 3.49. The molecule has 0 aliphatic heterocycles. The van der Waals surface area contributed by atoms with Crippen LogP contribution in [0.5, 0.6) is 0 Å². The number of rotatable bonds is 21. The van der Waals surface area contributed by atoms with Crippen LogP contribution in [0.3, 0.4) is 0 Å². The Bertz CT molecular complexity index is 373. The molecule has 6 nitrogen and oxygen atoms in total. The highest BCUT2D eigenvalue weighted by Gasteiger charge is 2.20. The van der Waals surface area contributed by atoms with E-state index in [1.54, 1.807) is 0 Å². The summed E-state index contributed by atoms with van der Waals surface area (Å²) in [6.45, 7) is 1.35. The zero-order valence-corrected chi connectivity index (χ0v) is 17.9. The van der Waals surface area contributed by atoms with Gasteiger partial charge in [0.15, 0.2) is 0 Å². The number of unbranched alkanes of at least 4 members (excludes halogenated alkanes) is 14. The number of carboxylic acids is 2. The number of carboxylic acid groups (broad SMARTS) is 2. The van der Waals surface area contributed by atoms with Gasteiger partial charge in [0.25, 0.3) is 0 Å². The number of aliphatic carboxylic acids is 2. The molecule has 1 atom stereocenters. The Morgan fingerprint density at radius 3 is 1.29 bits per heavy atom. The third kappa shape index (κ3) is 18.2. The van der Waals surface area contributed by atoms with Crippen LogP contribution >= 0.6 is 0 Å². The lowest BCUT2D eigenvalue weighted by molar-refractivity contribution is -0.147. The van der Waals surface area contributed by atoms with Crippen LogP contribution in [0.4, 0.5) is 0 Å². The van der Waals surface area contributed by atoms with Crippen molar-refractivity contribution in [1.82, 2.24) is 4.90 Å². The van der Waals surface area contributed by atoms with E-state index in [1.165, 1.54) is 77.0 Å². The maximum Gasteiger partial charge on any atom is 0.317 e. The summed E-state index contributed by atoms with van der Waals surface area (Å²) < 4.78 is 0. The molecule has 28 heavy (non-hydrogen) atoms. The molecule has 0 saturated carbocycles. The SMILES string of the molecule is CCCCCCCCCCCCCCCCCC(O)N(CC(=O)O)CC(=O)O. The van der Waals surface area contributed by atoms with E-state index in [-0.39, 0.29) is 0 Å². The summed E-state index contributed by atoms with van der Waals surface area (Å²) in [6, 6.07) is 0. The van der Waals surface area contributed by atoms with Crippen molar-refractivity contribution in [2.75, 3.05) is 13.1 Å². The first-order valence-electron chi connectivity index (χ1n) is 11.3. The molecule has 0 aliphatic carbocycles. The molecule has 0 radical (unpaired) electrons. The van der Waals surface area contributed by atoms with Crippen LogP contribution in [0, 0.1) is 0 Å². The van der Waals surface area contributed by atoms with E-state index < -0.39 is 31.3 Å². The van der Waals surface area contributed by atoms with Gasteiger partial charge in [-0.2, -0.15) is 0 Å².